The minimum atomic E-state index is -0.177. The van der Waals surface area contributed by atoms with Crippen LogP contribution in [0.25, 0.3) is 0 Å². The molecule has 0 fully saturated rings. The fourth-order valence-electron chi connectivity index (χ4n) is 2.10. The third kappa shape index (κ3) is 3.45. The van der Waals surface area contributed by atoms with Gasteiger partial charge in [-0.15, -0.1) is 0 Å². The van der Waals surface area contributed by atoms with E-state index in [4.69, 9.17) is 4.74 Å². The van der Waals surface area contributed by atoms with E-state index in [2.05, 4.69) is 17.4 Å². The Hall–Kier alpha value is -1.06. The van der Waals surface area contributed by atoms with Crippen LogP contribution in [-0.2, 0) is 6.42 Å². The lowest BCUT2D eigenvalue weighted by Gasteiger charge is -2.13. The molecule has 1 aliphatic heterocycles. The SMILES string of the molecule is CCC(O)CCNCC1Cc2ccccc2O1. The maximum Gasteiger partial charge on any atom is 0.123 e. The van der Waals surface area contributed by atoms with Crippen LogP contribution < -0.4 is 10.1 Å². The van der Waals surface area contributed by atoms with Crippen LogP contribution in [0.4, 0.5) is 0 Å². The Balaban J connectivity index is 1.67. The first-order chi connectivity index (χ1) is 8.29. The summed E-state index contributed by atoms with van der Waals surface area (Å²) in [5, 5.41) is 12.8. The topological polar surface area (TPSA) is 41.5 Å². The van der Waals surface area contributed by atoms with Crippen molar-refractivity contribution in [3.63, 3.8) is 0 Å². The first-order valence-corrected chi connectivity index (χ1v) is 6.43. The molecule has 2 rings (SSSR count). The summed E-state index contributed by atoms with van der Waals surface area (Å²) < 4.78 is 5.82. The minimum Gasteiger partial charge on any atom is -0.488 e. The van der Waals surface area contributed by atoms with Crippen molar-refractivity contribution in [1.29, 1.82) is 0 Å². The molecule has 0 amide bonds. The highest BCUT2D eigenvalue weighted by Gasteiger charge is 2.21. The van der Waals surface area contributed by atoms with Crippen molar-refractivity contribution in [2.75, 3.05) is 13.1 Å². The number of aliphatic hydroxyl groups is 1. The van der Waals surface area contributed by atoms with Gasteiger partial charge in [0.05, 0.1) is 6.10 Å². The fraction of sp³-hybridized carbons (Fsp3) is 0.571. The number of rotatable bonds is 6. The second kappa shape index (κ2) is 6.03. The number of aliphatic hydroxyl groups excluding tert-OH is 1. The van der Waals surface area contributed by atoms with Gasteiger partial charge in [-0.25, -0.2) is 0 Å². The predicted octanol–water partition coefficient (Wildman–Crippen LogP) is 1.74. The molecule has 0 spiro atoms. The molecule has 1 aliphatic rings. The van der Waals surface area contributed by atoms with E-state index in [1.54, 1.807) is 0 Å². The molecular weight excluding hydrogens is 214 g/mol. The van der Waals surface area contributed by atoms with Gasteiger partial charge in [0.2, 0.25) is 0 Å². The Morgan fingerprint density at radius 2 is 2.29 bits per heavy atom. The summed E-state index contributed by atoms with van der Waals surface area (Å²) in [6.45, 7) is 3.71. The van der Waals surface area contributed by atoms with Crippen molar-refractivity contribution < 1.29 is 9.84 Å². The number of ether oxygens (including phenoxy) is 1. The van der Waals surface area contributed by atoms with Crippen LogP contribution in [-0.4, -0.2) is 30.4 Å². The van der Waals surface area contributed by atoms with Gasteiger partial charge in [-0.1, -0.05) is 25.1 Å². The molecule has 0 bridgehead atoms. The van der Waals surface area contributed by atoms with Crippen LogP contribution >= 0.6 is 0 Å². The second-order valence-electron chi connectivity index (χ2n) is 4.61. The normalized spacial score (nSPS) is 19.8. The van der Waals surface area contributed by atoms with Gasteiger partial charge in [0, 0.05) is 13.0 Å². The molecule has 0 aromatic heterocycles. The van der Waals surface area contributed by atoms with Gasteiger partial charge >= 0.3 is 0 Å². The Labute approximate surface area is 103 Å². The van der Waals surface area contributed by atoms with Crippen LogP contribution in [0.15, 0.2) is 24.3 Å². The highest BCUT2D eigenvalue weighted by Crippen LogP contribution is 2.27. The van der Waals surface area contributed by atoms with E-state index in [1.807, 2.05) is 19.1 Å². The second-order valence-corrected chi connectivity index (χ2v) is 4.61. The van der Waals surface area contributed by atoms with E-state index in [9.17, 15) is 5.11 Å². The Morgan fingerprint density at radius 3 is 3.06 bits per heavy atom. The maximum atomic E-state index is 9.42. The largest absolute Gasteiger partial charge is 0.488 e. The summed E-state index contributed by atoms with van der Waals surface area (Å²) in [7, 11) is 0. The Kier molecular flexibility index (Phi) is 4.40. The van der Waals surface area contributed by atoms with Gasteiger partial charge in [0.1, 0.15) is 11.9 Å². The molecule has 1 aromatic rings. The average molecular weight is 235 g/mol. The quantitative estimate of drug-likeness (QED) is 0.738. The van der Waals surface area contributed by atoms with E-state index >= 15 is 0 Å². The first-order valence-electron chi connectivity index (χ1n) is 6.43. The van der Waals surface area contributed by atoms with E-state index in [1.165, 1.54) is 5.56 Å². The zero-order valence-corrected chi connectivity index (χ0v) is 10.4. The van der Waals surface area contributed by atoms with E-state index in [-0.39, 0.29) is 12.2 Å². The summed E-state index contributed by atoms with van der Waals surface area (Å²) in [6, 6.07) is 8.20. The molecule has 3 nitrogen and oxygen atoms in total. The third-order valence-corrected chi connectivity index (χ3v) is 3.21. The van der Waals surface area contributed by atoms with Crippen molar-refractivity contribution in [1.82, 2.24) is 5.32 Å². The summed E-state index contributed by atoms with van der Waals surface area (Å²) in [5.74, 6) is 1.02. The monoisotopic (exact) mass is 235 g/mol. The van der Waals surface area contributed by atoms with Crippen LogP contribution in [0.2, 0.25) is 0 Å². The van der Waals surface area contributed by atoms with Crippen molar-refractivity contribution in [2.24, 2.45) is 0 Å². The highest BCUT2D eigenvalue weighted by atomic mass is 16.5. The van der Waals surface area contributed by atoms with Gasteiger partial charge in [-0.2, -0.15) is 0 Å². The molecule has 3 heteroatoms. The lowest BCUT2D eigenvalue weighted by atomic mass is 10.1. The lowest BCUT2D eigenvalue weighted by molar-refractivity contribution is 0.157. The molecule has 1 aromatic carbocycles. The number of hydrogen-bond acceptors (Lipinski definition) is 3. The lowest BCUT2D eigenvalue weighted by Crippen LogP contribution is -2.31. The zero-order chi connectivity index (χ0) is 12.1. The predicted molar refractivity (Wildman–Crippen MR) is 68.3 cm³/mol. The van der Waals surface area contributed by atoms with Gasteiger partial charge in [-0.05, 0) is 31.0 Å². The van der Waals surface area contributed by atoms with E-state index in [0.29, 0.717) is 0 Å². The molecule has 2 N–H and O–H groups in total. The summed E-state index contributed by atoms with van der Waals surface area (Å²) in [4.78, 5) is 0. The van der Waals surface area contributed by atoms with Crippen LogP contribution in [0.1, 0.15) is 25.3 Å². The molecule has 0 saturated heterocycles. The molecular formula is C14H21NO2. The summed E-state index contributed by atoms with van der Waals surface area (Å²) in [5.41, 5.74) is 1.30. The maximum absolute atomic E-state index is 9.42. The molecule has 2 unspecified atom stereocenters. The Bertz CT molecular complexity index is 329. The highest BCUT2D eigenvalue weighted by molar-refractivity contribution is 5.37. The minimum absolute atomic E-state index is 0.177. The van der Waals surface area contributed by atoms with Crippen LogP contribution in [0, 0.1) is 0 Å². The van der Waals surface area contributed by atoms with Crippen LogP contribution in [0.3, 0.4) is 0 Å². The molecule has 2 atom stereocenters. The molecule has 17 heavy (non-hydrogen) atoms. The number of benzene rings is 1. The molecule has 0 saturated carbocycles. The van der Waals surface area contributed by atoms with Crippen molar-refractivity contribution in [2.45, 2.75) is 38.4 Å². The first kappa shape index (κ1) is 12.4. The van der Waals surface area contributed by atoms with Gasteiger partial charge in [0.25, 0.3) is 0 Å². The van der Waals surface area contributed by atoms with E-state index in [0.717, 1.165) is 38.1 Å². The third-order valence-electron chi connectivity index (χ3n) is 3.21. The number of fused-ring (bicyclic) bond motifs is 1. The zero-order valence-electron chi connectivity index (χ0n) is 10.4. The van der Waals surface area contributed by atoms with E-state index < -0.39 is 0 Å². The standard InChI is InChI=1S/C14H21NO2/c1-2-12(16)7-8-15-10-13-9-11-5-3-4-6-14(11)17-13/h3-6,12-13,15-16H,2,7-10H2,1H3. The van der Waals surface area contributed by atoms with Crippen LogP contribution in [0.5, 0.6) is 5.75 Å². The smallest absolute Gasteiger partial charge is 0.123 e. The molecule has 1 heterocycles. The number of para-hydroxylation sites is 1. The Morgan fingerprint density at radius 1 is 1.47 bits per heavy atom. The molecule has 94 valence electrons. The van der Waals surface area contributed by atoms with Crippen molar-refractivity contribution in [3.8, 4) is 5.75 Å². The van der Waals surface area contributed by atoms with Gasteiger partial charge in [0.15, 0.2) is 0 Å². The molecule has 0 radical (unpaired) electrons. The molecule has 0 aliphatic carbocycles. The summed E-state index contributed by atoms with van der Waals surface area (Å²) in [6.07, 6.45) is 2.69. The van der Waals surface area contributed by atoms with Gasteiger partial charge < -0.3 is 15.2 Å². The van der Waals surface area contributed by atoms with Crippen molar-refractivity contribution in [3.05, 3.63) is 29.8 Å². The number of hydrogen-bond donors (Lipinski definition) is 2. The number of nitrogens with one attached hydrogen (secondary N) is 1. The summed E-state index contributed by atoms with van der Waals surface area (Å²) >= 11 is 0. The fourth-order valence-corrected chi connectivity index (χ4v) is 2.10. The average Bonchev–Trinajstić information content (AvgIpc) is 2.76. The van der Waals surface area contributed by atoms with Gasteiger partial charge in [-0.3, -0.25) is 0 Å². The van der Waals surface area contributed by atoms with Crippen molar-refractivity contribution >= 4 is 0 Å².